The summed E-state index contributed by atoms with van der Waals surface area (Å²) in [4.78, 5) is 15.9. The van der Waals surface area contributed by atoms with Gasteiger partial charge in [-0.1, -0.05) is 0 Å². The highest BCUT2D eigenvalue weighted by Gasteiger charge is 2.08. The van der Waals surface area contributed by atoms with Crippen molar-refractivity contribution in [1.82, 2.24) is 10.3 Å². The number of hydrogen-bond donors (Lipinski definition) is 2. The van der Waals surface area contributed by atoms with E-state index in [2.05, 4.69) is 10.3 Å². The number of halogens is 1. The van der Waals surface area contributed by atoms with Crippen LogP contribution in [0.2, 0.25) is 0 Å². The molecule has 0 aliphatic heterocycles. The summed E-state index contributed by atoms with van der Waals surface area (Å²) in [6.45, 7) is 0.286. The van der Waals surface area contributed by atoms with E-state index in [0.29, 0.717) is 5.88 Å². The second-order valence-corrected chi connectivity index (χ2v) is 4.16. The molecule has 0 saturated heterocycles. The minimum atomic E-state index is -0.541. The smallest absolute Gasteiger partial charge is 0.251 e. The van der Waals surface area contributed by atoms with E-state index in [1.54, 1.807) is 18.3 Å². The Hall–Kier alpha value is -2.63. The molecule has 2 aromatic rings. The van der Waals surface area contributed by atoms with Crippen LogP contribution in [-0.2, 0) is 6.54 Å². The van der Waals surface area contributed by atoms with Crippen LogP contribution in [0.25, 0.3) is 0 Å². The molecule has 0 atom stereocenters. The van der Waals surface area contributed by atoms with Gasteiger partial charge in [0.25, 0.3) is 5.91 Å². The van der Waals surface area contributed by atoms with Crippen LogP contribution in [0.5, 0.6) is 5.88 Å². The first-order valence-corrected chi connectivity index (χ1v) is 5.91. The molecule has 6 heteroatoms. The number of anilines is 1. The summed E-state index contributed by atoms with van der Waals surface area (Å²) in [5.74, 6) is -0.473. The highest BCUT2D eigenvalue weighted by Crippen LogP contribution is 2.12. The number of carbonyl (C=O) groups is 1. The number of aromatic nitrogens is 1. The third kappa shape index (κ3) is 3.44. The molecule has 1 amide bonds. The highest BCUT2D eigenvalue weighted by molar-refractivity contribution is 5.95. The molecule has 0 spiro atoms. The lowest BCUT2D eigenvalue weighted by Crippen LogP contribution is -2.23. The third-order valence-electron chi connectivity index (χ3n) is 2.64. The SMILES string of the molecule is COc1cc(CNC(=O)c2cc(N)cc(F)c2)ccn1. The van der Waals surface area contributed by atoms with Crippen molar-refractivity contribution in [3.63, 3.8) is 0 Å². The quantitative estimate of drug-likeness (QED) is 0.833. The van der Waals surface area contributed by atoms with Gasteiger partial charge in [0.15, 0.2) is 0 Å². The molecule has 20 heavy (non-hydrogen) atoms. The molecule has 1 aromatic carbocycles. The first-order chi connectivity index (χ1) is 9.58. The molecule has 3 N–H and O–H groups in total. The molecule has 0 fully saturated rings. The number of pyridine rings is 1. The summed E-state index contributed by atoms with van der Waals surface area (Å²) in [7, 11) is 1.51. The Morgan fingerprint density at radius 1 is 1.40 bits per heavy atom. The fourth-order valence-corrected chi connectivity index (χ4v) is 1.70. The standard InChI is InChI=1S/C14H14FN3O2/c1-20-13-4-9(2-3-17-13)8-18-14(19)10-5-11(15)7-12(16)6-10/h2-7H,8,16H2,1H3,(H,18,19). The number of nitrogens with one attached hydrogen (secondary N) is 1. The predicted molar refractivity (Wildman–Crippen MR) is 72.8 cm³/mol. The molecule has 0 radical (unpaired) electrons. The Kier molecular flexibility index (Phi) is 4.14. The van der Waals surface area contributed by atoms with Crippen LogP contribution in [0.1, 0.15) is 15.9 Å². The van der Waals surface area contributed by atoms with Gasteiger partial charge in [-0.25, -0.2) is 9.37 Å². The van der Waals surface area contributed by atoms with Gasteiger partial charge >= 0.3 is 0 Å². The number of benzene rings is 1. The van der Waals surface area contributed by atoms with Crippen molar-refractivity contribution in [2.24, 2.45) is 0 Å². The van der Waals surface area contributed by atoms with Crippen LogP contribution in [0.15, 0.2) is 36.5 Å². The highest BCUT2D eigenvalue weighted by atomic mass is 19.1. The van der Waals surface area contributed by atoms with Gasteiger partial charge < -0.3 is 15.8 Å². The number of amides is 1. The molecule has 0 saturated carbocycles. The first-order valence-electron chi connectivity index (χ1n) is 5.91. The number of nitrogens with zero attached hydrogens (tertiary/aromatic N) is 1. The lowest BCUT2D eigenvalue weighted by molar-refractivity contribution is 0.0950. The van der Waals surface area contributed by atoms with Crippen molar-refractivity contribution in [1.29, 1.82) is 0 Å². The van der Waals surface area contributed by atoms with Crippen LogP contribution in [0.4, 0.5) is 10.1 Å². The van der Waals surface area contributed by atoms with Crippen molar-refractivity contribution < 1.29 is 13.9 Å². The maximum atomic E-state index is 13.2. The van der Waals surface area contributed by atoms with Gasteiger partial charge in [-0.15, -0.1) is 0 Å². The van der Waals surface area contributed by atoms with Crippen LogP contribution >= 0.6 is 0 Å². The van der Waals surface area contributed by atoms with Crippen molar-refractivity contribution >= 4 is 11.6 Å². The van der Waals surface area contributed by atoms with Crippen LogP contribution < -0.4 is 15.8 Å². The summed E-state index contributed by atoms with van der Waals surface area (Å²) in [5.41, 5.74) is 6.72. The summed E-state index contributed by atoms with van der Waals surface area (Å²) >= 11 is 0. The Bertz CT molecular complexity index is 611. The summed E-state index contributed by atoms with van der Waals surface area (Å²) in [6, 6.07) is 7.18. The number of carbonyl (C=O) groups excluding carboxylic acids is 1. The fourth-order valence-electron chi connectivity index (χ4n) is 1.70. The zero-order valence-electron chi connectivity index (χ0n) is 10.9. The first kappa shape index (κ1) is 13.8. The molecule has 1 aromatic heterocycles. The molecule has 0 aliphatic carbocycles. The Balaban J connectivity index is 2.04. The van der Waals surface area contributed by atoms with Crippen LogP contribution in [0, 0.1) is 5.82 Å². The number of nitrogens with two attached hydrogens (primary N) is 1. The molecule has 0 unspecified atom stereocenters. The molecular formula is C14H14FN3O2. The van der Waals surface area contributed by atoms with Crippen molar-refractivity contribution in [3.8, 4) is 5.88 Å². The van der Waals surface area contributed by atoms with E-state index in [4.69, 9.17) is 10.5 Å². The number of nitrogen functional groups attached to an aromatic ring is 1. The third-order valence-corrected chi connectivity index (χ3v) is 2.64. The maximum absolute atomic E-state index is 13.2. The Morgan fingerprint density at radius 2 is 2.20 bits per heavy atom. The van der Waals surface area contributed by atoms with Crippen molar-refractivity contribution in [2.45, 2.75) is 6.54 Å². The molecular weight excluding hydrogens is 261 g/mol. The van der Waals surface area contributed by atoms with Gasteiger partial charge in [0.1, 0.15) is 5.82 Å². The minimum Gasteiger partial charge on any atom is -0.481 e. The van der Waals surface area contributed by atoms with Gasteiger partial charge in [0.05, 0.1) is 7.11 Å². The van der Waals surface area contributed by atoms with Gasteiger partial charge in [-0.05, 0) is 29.8 Å². The van der Waals surface area contributed by atoms with Crippen molar-refractivity contribution in [3.05, 3.63) is 53.5 Å². The summed E-state index contributed by atoms with van der Waals surface area (Å²) in [6.07, 6.45) is 1.58. The van der Waals surface area contributed by atoms with Crippen molar-refractivity contribution in [2.75, 3.05) is 12.8 Å². The monoisotopic (exact) mass is 275 g/mol. The second-order valence-electron chi connectivity index (χ2n) is 4.16. The Morgan fingerprint density at radius 3 is 2.90 bits per heavy atom. The van der Waals surface area contributed by atoms with E-state index in [-0.39, 0.29) is 17.8 Å². The number of methoxy groups -OCH3 is 1. The van der Waals surface area contributed by atoms with E-state index < -0.39 is 11.7 Å². The largest absolute Gasteiger partial charge is 0.481 e. The van der Waals surface area contributed by atoms with Crippen LogP contribution in [0.3, 0.4) is 0 Å². The van der Waals surface area contributed by atoms with Gasteiger partial charge in [0.2, 0.25) is 5.88 Å². The molecule has 104 valence electrons. The average molecular weight is 275 g/mol. The zero-order valence-corrected chi connectivity index (χ0v) is 10.9. The minimum absolute atomic E-state index is 0.184. The summed E-state index contributed by atoms with van der Waals surface area (Å²) in [5, 5.41) is 2.68. The maximum Gasteiger partial charge on any atom is 0.251 e. The fraction of sp³-hybridized carbons (Fsp3) is 0.143. The molecule has 5 nitrogen and oxygen atoms in total. The topological polar surface area (TPSA) is 77.2 Å². The number of rotatable bonds is 4. The molecule has 1 heterocycles. The zero-order chi connectivity index (χ0) is 14.5. The second kappa shape index (κ2) is 6.01. The number of ether oxygens (including phenoxy) is 1. The lowest BCUT2D eigenvalue weighted by Gasteiger charge is -2.07. The predicted octanol–water partition coefficient (Wildman–Crippen LogP) is 1.74. The molecule has 2 rings (SSSR count). The summed E-state index contributed by atoms with van der Waals surface area (Å²) < 4.78 is 18.2. The van der Waals surface area contributed by atoms with E-state index in [1.807, 2.05) is 0 Å². The molecule has 0 aliphatic rings. The Labute approximate surface area is 115 Å². The normalized spacial score (nSPS) is 10.1. The lowest BCUT2D eigenvalue weighted by atomic mass is 10.1. The van der Waals surface area contributed by atoms with E-state index >= 15 is 0 Å². The van der Waals surface area contributed by atoms with E-state index in [9.17, 15) is 9.18 Å². The average Bonchev–Trinajstić information content (AvgIpc) is 2.44. The van der Waals surface area contributed by atoms with E-state index in [0.717, 1.165) is 17.7 Å². The van der Waals surface area contributed by atoms with Gasteiger partial charge in [-0.3, -0.25) is 4.79 Å². The number of hydrogen-bond acceptors (Lipinski definition) is 4. The van der Waals surface area contributed by atoms with Gasteiger partial charge in [-0.2, -0.15) is 0 Å². The molecule has 0 bridgehead atoms. The van der Waals surface area contributed by atoms with Crippen LogP contribution in [-0.4, -0.2) is 18.0 Å². The van der Waals surface area contributed by atoms with Gasteiger partial charge in [0, 0.05) is 30.1 Å². The van der Waals surface area contributed by atoms with E-state index in [1.165, 1.54) is 13.2 Å².